The number of ether oxygens (including phenoxy) is 1. The molecule has 0 amide bonds. The number of aliphatic carboxylic acids is 1. The highest BCUT2D eigenvalue weighted by Gasteiger charge is 2.14. The van der Waals surface area contributed by atoms with Crippen molar-refractivity contribution >= 4 is 53.5 Å². The summed E-state index contributed by atoms with van der Waals surface area (Å²) in [4.78, 5) is 10.7. The molecule has 2 rings (SSSR count). The van der Waals surface area contributed by atoms with Crippen molar-refractivity contribution in [1.82, 2.24) is 0 Å². The summed E-state index contributed by atoms with van der Waals surface area (Å²) in [6, 6.07) is 9.04. The lowest BCUT2D eigenvalue weighted by Crippen LogP contribution is -2.16. The molecule has 2 aromatic rings. The molecular formula is C19H21Br2NO5S. The summed E-state index contributed by atoms with van der Waals surface area (Å²) in [6.07, 6.45) is 0.476. The fourth-order valence-corrected chi connectivity index (χ4v) is 4.70. The Balaban J connectivity index is 2.17. The van der Waals surface area contributed by atoms with Gasteiger partial charge in [0.25, 0.3) is 0 Å². The van der Waals surface area contributed by atoms with Crippen LogP contribution in [0.15, 0.2) is 39.3 Å². The molecule has 0 aliphatic heterocycles. The van der Waals surface area contributed by atoms with Crippen LogP contribution in [0, 0.1) is 6.92 Å². The van der Waals surface area contributed by atoms with Gasteiger partial charge in [0.1, 0.15) is 12.4 Å². The number of sulfonamides is 1. The molecular weight excluding hydrogens is 514 g/mol. The highest BCUT2D eigenvalue weighted by Crippen LogP contribution is 2.36. The summed E-state index contributed by atoms with van der Waals surface area (Å²) in [7, 11) is -3.36. The lowest BCUT2D eigenvalue weighted by molar-refractivity contribution is -0.136. The van der Waals surface area contributed by atoms with Crippen LogP contribution < -0.4 is 9.46 Å². The zero-order valence-corrected chi connectivity index (χ0v) is 19.4. The average molecular weight is 535 g/mol. The molecule has 0 spiro atoms. The van der Waals surface area contributed by atoms with Crippen molar-refractivity contribution in [3.05, 3.63) is 56.0 Å². The number of carboxylic acid groups (broad SMARTS) is 1. The quantitative estimate of drug-likeness (QED) is 0.478. The van der Waals surface area contributed by atoms with Gasteiger partial charge < -0.3 is 9.84 Å². The molecule has 0 unspecified atom stereocenters. The van der Waals surface area contributed by atoms with Crippen LogP contribution in [0.2, 0.25) is 0 Å². The van der Waals surface area contributed by atoms with Gasteiger partial charge in [0.2, 0.25) is 10.0 Å². The van der Waals surface area contributed by atoms with Gasteiger partial charge >= 0.3 is 5.97 Å². The van der Waals surface area contributed by atoms with Crippen molar-refractivity contribution in [3.63, 3.8) is 0 Å². The summed E-state index contributed by atoms with van der Waals surface area (Å²) in [5, 5.41) is 8.82. The third-order valence-electron chi connectivity index (χ3n) is 4.15. The average Bonchev–Trinajstić information content (AvgIpc) is 2.62. The molecule has 2 N–H and O–H groups in total. The number of carboxylic acids is 1. The Morgan fingerprint density at radius 2 is 1.86 bits per heavy atom. The summed E-state index contributed by atoms with van der Waals surface area (Å²) in [6.45, 7) is 3.67. The molecule has 0 saturated carbocycles. The van der Waals surface area contributed by atoms with Gasteiger partial charge in [0, 0.05) is 6.42 Å². The minimum absolute atomic E-state index is 0.00128. The Morgan fingerprint density at radius 1 is 1.21 bits per heavy atom. The molecule has 0 radical (unpaired) electrons. The molecule has 0 bridgehead atoms. The van der Waals surface area contributed by atoms with Gasteiger partial charge in [-0.05, 0) is 87.0 Å². The third-order valence-corrected chi connectivity index (χ3v) is 6.62. The lowest BCUT2D eigenvalue weighted by atomic mass is 10.1. The fraction of sp³-hybridized carbons (Fsp3) is 0.316. The number of hydrogen-bond donors (Lipinski definition) is 2. The smallest absolute Gasteiger partial charge is 0.303 e. The summed E-state index contributed by atoms with van der Waals surface area (Å²) in [5.74, 6) is -0.249. The lowest BCUT2D eigenvalue weighted by Gasteiger charge is -2.16. The molecule has 0 aromatic heterocycles. The molecule has 0 fully saturated rings. The van der Waals surface area contributed by atoms with Crippen molar-refractivity contribution in [1.29, 1.82) is 0 Å². The van der Waals surface area contributed by atoms with Crippen molar-refractivity contribution < 1.29 is 23.1 Å². The summed E-state index contributed by atoms with van der Waals surface area (Å²) in [5.41, 5.74) is 3.06. The Hall–Kier alpha value is -1.58. The highest BCUT2D eigenvalue weighted by atomic mass is 79.9. The Labute approximate surface area is 181 Å². The zero-order valence-electron chi connectivity index (χ0n) is 15.5. The Bertz CT molecular complexity index is 953. The second kappa shape index (κ2) is 9.76. The van der Waals surface area contributed by atoms with Crippen molar-refractivity contribution in [2.75, 3.05) is 10.5 Å². The van der Waals surface area contributed by atoms with Gasteiger partial charge in [-0.3, -0.25) is 9.52 Å². The fourth-order valence-electron chi connectivity index (χ4n) is 2.49. The van der Waals surface area contributed by atoms with E-state index in [0.717, 1.165) is 16.7 Å². The monoisotopic (exact) mass is 533 g/mol. The van der Waals surface area contributed by atoms with Gasteiger partial charge in [-0.25, -0.2) is 8.42 Å². The van der Waals surface area contributed by atoms with Crippen LogP contribution >= 0.6 is 31.9 Å². The van der Waals surface area contributed by atoms with E-state index >= 15 is 0 Å². The van der Waals surface area contributed by atoms with E-state index in [1.54, 1.807) is 19.1 Å². The number of halogens is 2. The first-order valence-electron chi connectivity index (χ1n) is 8.54. The summed E-state index contributed by atoms with van der Waals surface area (Å²) >= 11 is 6.93. The first kappa shape index (κ1) is 22.7. The zero-order chi connectivity index (χ0) is 20.9. The van der Waals surface area contributed by atoms with E-state index in [1.165, 1.54) is 0 Å². The Morgan fingerprint density at radius 3 is 2.43 bits per heavy atom. The van der Waals surface area contributed by atoms with E-state index in [1.807, 2.05) is 25.1 Å². The topological polar surface area (TPSA) is 92.7 Å². The first-order chi connectivity index (χ1) is 13.1. The molecule has 0 atom stereocenters. The van der Waals surface area contributed by atoms with Gasteiger partial charge in [-0.1, -0.05) is 12.1 Å². The minimum Gasteiger partial charge on any atom is -0.487 e. The number of carbonyl (C=O) groups is 1. The van der Waals surface area contributed by atoms with Crippen molar-refractivity contribution in [3.8, 4) is 5.75 Å². The highest BCUT2D eigenvalue weighted by molar-refractivity contribution is 9.11. The minimum atomic E-state index is -3.36. The van der Waals surface area contributed by atoms with E-state index in [0.29, 0.717) is 26.8 Å². The van der Waals surface area contributed by atoms with Gasteiger partial charge in [0.15, 0.2) is 0 Å². The summed E-state index contributed by atoms with van der Waals surface area (Å²) < 4.78 is 33.6. The molecule has 152 valence electrons. The molecule has 6 nitrogen and oxygen atoms in total. The number of anilines is 1. The van der Waals surface area contributed by atoms with Gasteiger partial charge in [-0.2, -0.15) is 0 Å². The standard InChI is InChI=1S/C19H21Br2NO5S/c1-3-28(25,26)22-17-6-4-5-14(12(17)2)11-27-19-15(20)9-13(10-16(19)21)7-8-18(23)24/h4-6,9-10,22H,3,7-8,11H2,1-2H3,(H,23,24). The van der Waals surface area contributed by atoms with Crippen LogP contribution in [0.3, 0.4) is 0 Å². The predicted molar refractivity (Wildman–Crippen MR) is 116 cm³/mol. The SMILES string of the molecule is CCS(=O)(=O)Nc1cccc(COc2c(Br)cc(CCC(=O)O)cc2Br)c1C. The molecule has 0 heterocycles. The van der Waals surface area contributed by atoms with Crippen LogP contribution in [-0.4, -0.2) is 25.2 Å². The third kappa shape index (κ3) is 6.22. The second-order valence-corrected chi connectivity index (χ2v) is 9.89. The molecule has 0 aliphatic rings. The van der Waals surface area contributed by atoms with Gasteiger partial charge in [0.05, 0.1) is 20.4 Å². The maximum atomic E-state index is 11.8. The predicted octanol–water partition coefficient (Wildman–Crippen LogP) is 4.88. The molecule has 2 aromatic carbocycles. The maximum Gasteiger partial charge on any atom is 0.303 e. The molecule has 9 heteroatoms. The van der Waals surface area contributed by atoms with E-state index < -0.39 is 16.0 Å². The number of rotatable bonds is 9. The largest absolute Gasteiger partial charge is 0.487 e. The van der Waals surface area contributed by atoms with Crippen molar-refractivity contribution in [2.45, 2.75) is 33.3 Å². The number of benzene rings is 2. The van der Waals surface area contributed by atoms with Crippen LogP contribution in [0.25, 0.3) is 0 Å². The first-order valence-corrected chi connectivity index (χ1v) is 11.8. The van der Waals surface area contributed by atoms with E-state index in [9.17, 15) is 13.2 Å². The van der Waals surface area contributed by atoms with Crippen LogP contribution in [0.4, 0.5) is 5.69 Å². The maximum absolute atomic E-state index is 11.8. The molecule has 0 saturated heterocycles. The van der Waals surface area contributed by atoms with Crippen LogP contribution in [0.1, 0.15) is 30.0 Å². The van der Waals surface area contributed by atoms with E-state index in [-0.39, 0.29) is 18.8 Å². The van der Waals surface area contributed by atoms with E-state index in [2.05, 4.69) is 36.6 Å². The molecule has 28 heavy (non-hydrogen) atoms. The van der Waals surface area contributed by atoms with Crippen molar-refractivity contribution in [2.24, 2.45) is 0 Å². The molecule has 0 aliphatic carbocycles. The number of nitrogens with one attached hydrogen (secondary N) is 1. The van der Waals surface area contributed by atoms with Crippen LogP contribution in [0.5, 0.6) is 5.75 Å². The second-order valence-electron chi connectivity index (χ2n) is 6.17. The van der Waals surface area contributed by atoms with Crippen LogP contribution in [-0.2, 0) is 27.8 Å². The normalized spacial score (nSPS) is 11.3. The number of aryl methyl sites for hydroxylation is 1. The Kier molecular flexibility index (Phi) is 7.91. The van der Waals surface area contributed by atoms with Gasteiger partial charge in [-0.15, -0.1) is 0 Å². The van der Waals surface area contributed by atoms with E-state index in [4.69, 9.17) is 9.84 Å². The number of hydrogen-bond acceptors (Lipinski definition) is 4.